The van der Waals surface area contributed by atoms with Crippen molar-refractivity contribution in [2.24, 2.45) is 0 Å². The molecule has 206 valence electrons. The molecule has 7 nitrogen and oxygen atoms in total. The van der Waals surface area contributed by atoms with Crippen molar-refractivity contribution in [1.82, 2.24) is 9.38 Å². The van der Waals surface area contributed by atoms with Crippen molar-refractivity contribution in [3.8, 4) is 11.1 Å². The molecule has 0 radical (unpaired) electrons. The van der Waals surface area contributed by atoms with Gasteiger partial charge in [0, 0.05) is 60.5 Å². The molecule has 2 aromatic carbocycles. The van der Waals surface area contributed by atoms with E-state index in [1.54, 1.807) is 16.7 Å². The van der Waals surface area contributed by atoms with Crippen LogP contribution in [-0.2, 0) is 4.79 Å². The van der Waals surface area contributed by atoms with Gasteiger partial charge in [0.25, 0.3) is 11.7 Å². The molecular weight excluding hydrogens is 534 g/mol. The molecule has 3 aromatic heterocycles. The molecule has 0 bridgehead atoms. The molecule has 1 amide bonds. The number of halogens is 1. The third kappa shape index (κ3) is 5.54. The highest BCUT2D eigenvalue weighted by Gasteiger charge is 2.25. The lowest BCUT2D eigenvalue weighted by Gasteiger charge is -2.37. The molecule has 4 heterocycles. The molecule has 6 rings (SSSR count). The van der Waals surface area contributed by atoms with Crippen LogP contribution >= 0.6 is 11.6 Å². The smallest absolute Gasteiger partial charge is 0.298 e. The first kappa shape index (κ1) is 26.6. The second-order valence-corrected chi connectivity index (χ2v) is 10.8. The van der Waals surface area contributed by atoms with Gasteiger partial charge in [-0.15, -0.1) is 0 Å². The number of nitrogens with one attached hydrogen (secondary N) is 1. The summed E-state index contributed by atoms with van der Waals surface area (Å²) in [5.74, 6) is -0.311. The standard InChI is InChI=1S/C33H30ClN5O2/c1-22-18-23(2)35-30(19-22)38-16-14-37(15-17-38)27-12-9-26(10-13-27)36-33(41)32(40)31-29(24-6-4-3-5-7-24)20-28-11-8-25(34)21-39(28)31/h3-13,18-21H,14-17H2,1-2H3,(H,36,41). The third-order valence-corrected chi connectivity index (χ3v) is 7.64. The minimum atomic E-state index is -0.704. The minimum absolute atomic E-state index is 0.277. The lowest BCUT2D eigenvalue weighted by atomic mass is 10.0. The monoisotopic (exact) mass is 563 g/mol. The summed E-state index contributed by atoms with van der Waals surface area (Å²) in [7, 11) is 0. The molecule has 1 saturated heterocycles. The number of aryl methyl sites for hydroxylation is 2. The number of fused-ring (bicyclic) bond motifs is 1. The summed E-state index contributed by atoms with van der Waals surface area (Å²) in [6, 6.07) is 26.9. The summed E-state index contributed by atoms with van der Waals surface area (Å²) in [5, 5.41) is 3.26. The molecule has 1 fully saturated rings. The molecule has 5 aromatic rings. The minimum Gasteiger partial charge on any atom is -0.368 e. The van der Waals surface area contributed by atoms with Crippen LogP contribution in [-0.4, -0.2) is 47.3 Å². The van der Waals surface area contributed by atoms with Gasteiger partial charge < -0.3 is 19.5 Å². The Morgan fingerprint density at radius 2 is 1.54 bits per heavy atom. The fourth-order valence-corrected chi connectivity index (χ4v) is 5.60. The number of benzene rings is 2. The van der Waals surface area contributed by atoms with Gasteiger partial charge in [-0.1, -0.05) is 41.9 Å². The van der Waals surface area contributed by atoms with Crippen molar-refractivity contribution in [3.05, 3.63) is 113 Å². The number of amides is 1. The number of anilines is 3. The van der Waals surface area contributed by atoms with Gasteiger partial charge in [-0.25, -0.2) is 4.98 Å². The van der Waals surface area contributed by atoms with Crippen LogP contribution in [0.25, 0.3) is 16.6 Å². The van der Waals surface area contributed by atoms with E-state index in [0.717, 1.165) is 54.5 Å². The second kappa shape index (κ2) is 11.1. The van der Waals surface area contributed by atoms with Crippen molar-refractivity contribution >= 4 is 46.0 Å². The average Bonchev–Trinajstić information content (AvgIpc) is 3.36. The zero-order chi connectivity index (χ0) is 28.5. The number of rotatable bonds is 6. The van der Waals surface area contributed by atoms with Crippen LogP contribution in [0.1, 0.15) is 21.7 Å². The van der Waals surface area contributed by atoms with E-state index in [-0.39, 0.29) is 5.69 Å². The average molecular weight is 564 g/mol. The van der Waals surface area contributed by atoms with E-state index in [1.807, 2.05) is 73.7 Å². The summed E-state index contributed by atoms with van der Waals surface area (Å²) < 4.78 is 1.68. The predicted molar refractivity (Wildman–Crippen MR) is 165 cm³/mol. The molecule has 8 heteroatoms. The summed E-state index contributed by atoms with van der Waals surface area (Å²) >= 11 is 6.25. The highest BCUT2D eigenvalue weighted by molar-refractivity contribution is 6.47. The molecular formula is C33H30ClN5O2. The maximum atomic E-state index is 13.5. The number of ketones is 1. The SMILES string of the molecule is Cc1cc(C)nc(N2CCN(c3ccc(NC(=O)C(=O)c4c(-c5ccccc5)cc5ccc(Cl)cn45)cc3)CC2)c1. The van der Waals surface area contributed by atoms with Crippen LogP contribution in [0, 0.1) is 13.8 Å². The van der Waals surface area contributed by atoms with E-state index in [2.05, 4.69) is 34.2 Å². The Hall–Kier alpha value is -4.62. The quantitative estimate of drug-likeness (QED) is 0.191. The van der Waals surface area contributed by atoms with E-state index in [0.29, 0.717) is 16.3 Å². The lowest BCUT2D eigenvalue weighted by molar-refractivity contribution is -0.112. The molecule has 1 N–H and O–H groups in total. The van der Waals surface area contributed by atoms with Crippen molar-refractivity contribution < 1.29 is 9.59 Å². The van der Waals surface area contributed by atoms with Gasteiger partial charge >= 0.3 is 0 Å². The number of hydrogen-bond donors (Lipinski definition) is 1. The van der Waals surface area contributed by atoms with Gasteiger partial charge in [-0.3, -0.25) is 9.59 Å². The molecule has 1 aliphatic heterocycles. The summed E-state index contributed by atoms with van der Waals surface area (Å²) in [6.45, 7) is 7.61. The van der Waals surface area contributed by atoms with E-state index < -0.39 is 11.7 Å². The van der Waals surface area contributed by atoms with Gasteiger partial charge in [0.05, 0.1) is 5.02 Å². The molecule has 0 unspecified atom stereocenters. The Balaban J connectivity index is 1.16. The van der Waals surface area contributed by atoms with E-state index >= 15 is 0 Å². The number of nitrogens with zero attached hydrogens (tertiary/aromatic N) is 4. The van der Waals surface area contributed by atoms with Crippen molar-refractivity contribution in [2.75, 3.05) is 41.3 Å². The predicted octanol–water partition coefficient (Wildman–Crippen LogP) is 6.42. The van der Waals surface area contributed by atoms with Crippen LogP contribution < -0.4 is 15.1 Å². The number of piperazine rings is 1. The van der Waals surface area contributed by atoms with Crippen molar-refractivity contribution in [1.29, 1.82) is 0 Å². The van der Waals surface area contributed by atoms with Gasteiger partial charge in [0.15, 0.2) is 0 Å². The maximum absolute atomic E-state index is 13.5. The fourth-order valence-electron chi connectivity index (χ4n) is 5.44. The van der Waals surface area contributed by atoms with E-state index in [9.17, 15) is 9.59 Å². The highest BCUT2D eigenvalue weighted by atomic mass is 35.5. The van der Waals surface area contributed by atoms with Gasteiger partial charge in [-0.05, 0) is 79.6 Å². The van der Waals surface area contributed by atoms with Gasteiger partial charge in [-0.2, -0.15) is 0 Å². The van der Waals surface area contributed by atoms with Gasteiger partial charge in [0.2, 0.25) is 0 Å². The van der Waals surface area contributed by atoms with E-state index in [1.165, 1.54) is 5.56 Å². The number of hydrogen-bond acceptors (Lipinski definition) is 5. The number of aromatic nitrogens is 2. The largest absolute Gasteiger partial charge is 0.368 e. The zero-order valence-electron chi connectivity index (χ0n) is 23.0. The molecule has 0 aliphatic carbocycles. The molecule has 0 spiro atoms. The van der Waals surface area contributed by atoms with Crippen molar-refractivity contribution in [3.63, 3.8) is 0 Å². The Morgan fingerprint density at radius 3 is 2.24 bits per heavy atom. The summed E-state index contributed by atoms with van der Waals surface area (Å²) in [4.78, 5) is 36.1. The first-order chi connectivity index (χ1) is 19.9. The Morgan fingerprint density at radius 1 is 0.829 bits per heavy atom. The zero-order valence-corrected chi connectivity index (χ0v) is 23.7. The number of carbonyl (C=O) groups is 2. The Kier molecular flexibility index (Phi) is 7.20. The van der Waals surface area contributed by atoms with Gasteiger partial charge in [0.1, 0.15) is 11.5 Å². The van der Waals surface area contributed by atoms with Crippen LogP contribution in [0.15, 0.2) is 91.1 Å². The first-order valence-corrected chi connectivity index (χ1v) is 14.0. The maximum Gasteiger partial charge on any atom is 0.298 e. The molecule has 0 atom stereocenters. The Labute approximate surface area is 244 Å². The van der Waals surface area contributed by atoms with Crippen LogP contribution in [0.2, 0.25) is 5.02 Å². The number of Topliss-reactive ketones (excluding diaryl/α,β-unsaturated/α-hetero) is 1. The third-order valence-electron chi connectivity index (χ3n) is 7.42. The summed E-state index contributed by atoms with van der Waals surface area (Å²) in [6.07, 6.45) is 1.66. The van der Waals surface area contributed by atoms with Crippen LogP contribution in [0.4, 0.5) is 17.2 Å². The number of pyridine rings is 2. The first-order valence-electron chi connectivity index (χ1n) is 13.6. The molecule has 41 heavy (non-hydrogen) atoms. The van der Waals surface area contributed by atoms with Crippen LogP contribution in [0.3, 0.4) is 0 Å². The van der Waals surface area contributed by atoms with Crippen molar-refractivity contribution in [2.45, 2.75) is 13.8 Å². The highest BCUT2D eigenvalue weighted by Crippen LogP contribution is 2.30. The molecule has 1 aliphatic rings. The number of carbonyl (C=O) groups excluding carboxylic acids is 2. The second-order valence-electron chi connectivity index (χ2n) is 10.4. The van der Waals surface area contributed by atoms with Crippen LogP contribution in [0.5, 0.6) is 0 Å². The molecule has 0 saturated carbocycles. The summed E-state index contributed by atoms with van der Waals surface area (Å²) in [5.41, 5.74) is 6.47. The lowest BCUT2D eigenvalue weighted by Crippen LogP contribution is -2.46. The Bertz CT molecular complexity index is 1720. The fraction of sp³-hybridized carbons (Fsp3) is 0.182. The van der Waals surface area contributed by atoms with E-state index in [4.69, 9.17) is 16.6 Å². The normalized spacial score (nSPS) is 13.4. The topological polar surface area (TPSA) is 70.0 Å².